The van der Waals surface area contributed by atoms with Gasteiger partial charge in [0.1, 0.15) is 5.01 Å². The van der Waals surface area contributed by atoms with Crippen molar-refractivity contribution >= 4 is 11.3 Å². The molecule has 1 aromatic carbocycles. The molecule has 3 heterocycles. The van der Waals surface area contributed by atoms with E-state index in [0.29, 0.717) is 19.4 Å². The second-order valence-corrected chi connectivity index (χ2v) is 8.55. The van der Waals surface area contributed by atoms with Crippen molar-refractivity contribution in [1.29, 1.82) is 0 Å². The Morgan fingerprint density at radius 3 is 2.65 bits per heavy atom. The molecule has 2 fully saturated rings. The van der Waals surface area contributed by atoms with E-state index < -0.39 is 5.60 Å². The average molecular weight is 375 g/mol. The standard InChI is InChI=1S/C20H26N2O3S/c23-15-19(24)8-11-25-20(14-19)6-9-22(10-7-20)12-18-21-17(13-26-18)16-4-2-1-3-5-16/h1-5,13,23-24H,6-12,14-15H2. The van der Waals surface area contributed by atoms with Crippen molar-refractivity contribution in [2.24, 2.45) is 0 Å². The Hall–Kier alpha value is -1.31. The first kappa shape index (κ1) is 18.1. The van der Waals surface area contributed by atoms with Crippen LogP contribution in [0.15, 0.2) is 35.7 Å². The van der Waals surface area contributed by atoms with Gasteiger partial charge in [0.25, 0.3) is 0 Å². The van der Waals surface area contributed by atoms with Crippen LogP contribution in [0.1, 0.15) is 30.7 Å². The number of ether oxygens (including phenoxy) is 1. The van der Waals surface area contributed by atoms with Crippen LogP contribution < -0.4 is 0 Å². The fourth-order valence-electron chi connectivity index (χ4n) is 4.09. The van der Waals surface area contributed by atoms with Crippen LogP contribution in [0.3, 0.4) is 0 Å². The monoisotopic (exact) mass is 374 g/mol. The van der Waals surface area contributed by atoms with E-state index in [2.05, 4.69) is 22.4 Å². The second kappa shape index (κ2) is 7.37. The van der Waals surface area contributed by atoms with Gasteiger partial charge in [0.05, 0.1) is 36.7 Å². The number of aliphatic hydroxyl groups is 2. The van der Waals surface area contributed by atoms with Crippen LogP contribution in [0.25, 0.3) is 11.3 Å². The summed E-state index contributed by atoms with van der Waals surface area (Å²) < 4.78 is 6.05. The lowest BCUT2D eigenvalue weighted by Gasteiger charge is -2.48. The van der Waals surface area contributed by atoms with Crippen molar-refractivity contribution in [3.63, 3.8) is 0 Å². The number of aromatic nitrogens is 1. The number of benzene rings is 1. The SMILES string of the molecule is OCC1(O)CCOC2(CCN(Cc3nc(-c4ccccc4)cs3)CC2)C1. The van der Waals surface area contributed by atoms with E-state index in [0.717, 1.165) is 48.7 Å². The van der Waals surface area contributed by atoms with Crippen molar-refractivity contribution in [2.75, 3.05) is 26.3 Å². The molecule has 140 valence electrons. The van der Waals surface area contributed by atoms with Gasteiger partial charge in [-0.05, 0) is 12.8 Å². The molecule has 0 bridgehead atoms. The molecule has 1 aromatic heterocycles. The van der Waals surface area contributed by atoms with E-state index >= 15 is 0 Å². The quantitative estimate of drug-likeness (QED) is 0.861. The third-order valence-corrected chi connectivity index (χ3v) is 6.50. The van der Waals surface area contributed by atoms with Gasteiger partial charge in [0.2, 0.25) is 0 Å². The van der Waals surface area contributed by atoms with Crippen molar-refractivity contribution in [2.45, 2.75) is 43.4 Å². The minimum Gasteiger partial charge on any atom is -0.393 e. The van der Waals surface area contributed by atoms with Crippen LogP contribution >= 0.6 is 11.3 Å². The number of piperidine rings is 1. The van der Waals surface area contributed by atoms with Gasteiger partial charge in [-0.15, -0.1) is 11.3 Å². The number of nitrogens with zero attached hydrogens (tertiary/aromatic N) is 2. The fraction of sp³-hybridized carbons (Fsp3) is 0.550. The molecule has 4 rings (SSSR count). The molecular weight excluding hydrogens is 348 g/mol. The van der Waals surface area contributed by atoms with E-state index in [-0.39, 0.29) is 12.2 Å². The third kappa shape index (κ3) is 3.85. The number of thiazole rings is 1. The van der Waals surface area contributed by atoms with Crippen molar-refractivity contribution in [3.05, 3.63) is 40.7 Å². The van der Waals surface area contributed by atoms with E-state index in [4.69, 9.17) is 9.72 Å². The fourth-order valence-corrected chi connectivity index (χ4v) is 4.93. The first-order valence-electron chi connectivity index (χ1n) is 9.29. The molecule has 6 heteroatoms. The molecular formula is C20H26N2O3S. The van der Waals surface area contributed by atoms with E-state index in [1.54, 1.807) is 11.3 Å². The van der Waals surface area contributed by atoms with Crippen molar-refractivity contribution in [1.82, 2.24) is 9.88 Å². The number of rotatable bonds is 4. The van der Waals surface area contributed by atoms with Gasteiger partial charge >= 0.3 is 0 Å². The molecule has 2 aliphatic heterocycles. The van der Waals surface area contributed by atoms with Gasteiger partial charge in [-0.25, -0.2) is 4.98 Å². The Bertz CT molecular complexity index is 728. The van der Waals surface area contributed by atoms with Crippen LogP contribution in [-0.2, 0) is 11.3 Å². The summed E-state index contributed by atoms with van der Waals surface area (Å²) in [5, 5.41) is 23.2. The second-order valence-electron chi connectivity index (χ2n) is 7.61. The van der Waals surface area contributed by atoms with Crippen molar-refractivity contribution in [3.8, 4) is 11.3 Å². The summed E-state index contributed by atoms with van der Waals surface area (Å²) in [6.45, 7) is 3.08. The molecule has 0 radical (unpaired) electrons. The number of hydrogen-bond donors (Lipinski definition) is 2. The zero-order valence-electron chi connectivity index (χ0n) is 14.9. The summed E-state index contributed by atoms with van der Waals surface area (Å²) in [6.07, 6.45) is 2.86. The van der Waals surface area contributed by atoms with E-state index in [9.17, 15) is 10.2 Å². The highest BCUT2D eigenvalue weighted by atomic mass is 32.1. The Morgan fingerprint density at radius 1 is 1.15 bits per heavy atom. The zero-order valence-corrected chi connectivity index (χ0v) is 15.7. The minimum absolute atomic E-state index is 0.177. The summed E-state index contributed by atoms with van der Waals surface area (Å²) >= 11 is 1.71. The molecule has 5 nitrogen and oxygen atoms in total. The van der Waals surface area contributed by atoms with Gasteiger partial charge in [-0.2, -0.15) is 0 Å². The predicted molar refractivity (Wildman–Crippen MR) is 102 cm³/mol. The molecule has 26 heavy (non-hydrogen) atoms. The molecule has 0 aliphatic carbocycles. The normalized spacial score (nSPS) is 26.2. The highest BCUT2D eigenvalue weighted by molar-refractivity contribution is 7.09. The number of likely N-dealkylation sites (tertiary alicyclic amines) is 1. The minimum atomic E-state index is -0.972. The molecule has 2 N–H and O–H groups in total. The van der Waals surface area contributed by atoms with E-state index in [1.165, 1.54) is 0 Å². The van der Waals surface area contributed by atoms with Gasteiger partial charge in [-0.1, -0.05) is 30.3 Å². The molecule has 0 amide bonds. The average Bonchev–Trinajstić information content (AvgIpc) is 3.13. The molecule has 2 aliphatic rings. The third-order valence-electron chi connectivity index (χ3n) is 5.67. The first-order valence-corrected chi connectivity index (χ1v) is 10.2. The summed E-state index contributed by atoms with van der Waals surface area (Å²) in [6, 6.07) is 10.3. The van der Waals surface area contributed by atoms with Crippen LogP contribution in [0, 0.1) is 0 Å². The van der Waals surface area contributed by atoms with Gasteiger partial charge in [0.15, 0.2) is 0 Å². The molecule has 2 aromatic rings. The van der Waals surface area contributed by atoms with Crippen LogP contribution in [0.2, 0.25) is 0 Å². The molecule has 0 saturated carbocycles. The summed E-state index contributed by atoms with van der Waals surface area (Å²) in [7, 11) is 0. The number of hydrogen-bond acceptors (Lipinski definition) is 6. The maximum atomic E-state index is 10.5. The van der Waals surface area contributed by atoms with Crippen LogP contribution in [0.5, 0.6) is 0 Å². The number of aliphatic hydroxyl groups excluding tert-OH is 1. The Balaban J connectivity index is 1.35. The zero-order chi connectivity index (χ0) is 18.0. The Morgan fingerprint density at radius 2 is 1.92 bits per heavy atom. The summed E-state index contributed by atoms with van der Waals surface area (Å²) in [5.41, 5.74) is 0.958. The predicted octanol–water partition coefficient (Wildman–Crippen LogP) is 2.68. The largest absolute Gasteiger partial charge is 0.393 e. The molecule has 1 spiro atoms. The Kier molecular flexibility index (Phi) is 5.12. The molecule has 1 unspecified atom stereocenters. The maximum absolute atomic E-state index is 10.5. The highest BCUT2D eigenvalue weighted by Gasteiger charge is 2.46. The molecule has 1 atom stereocenters. The lowest BCUT2D eigenvalue weighted by molar-refractivity contribution is -0.189. The Labute approximate surface area is 158 Å². The summed E-state index contributed by atoms with van der Waals surface area (Å²) in [4.78, 5) is 7.20. The van der Waals surface area contributed by atoms with Crippen molar-refractivity contribution < 1.29 is 14.9 Å². The van der Waals surface area contributed by atoms with Crippen LogP contribution in [0.4, 0.5) is 0 Å². The van der Waals surface area contributed by atoms with E-state index in [1.807, 2.05) is 18.2 Å². The lowest BCUT2D eigenvalue weighted by atomic mass is 9.77. The lowest BCUT2D eigenvalue weighted by Crippen LogP contribution is -2.55. The van der Waals surface area contributed by atoms with Gasteiger partial charge in [-0.3, -0.25) is 4.90 Å². The first-order chi connectivity index (χ1) is 12.6. The molecule has 2 saturated heterocycles. The van der Waals surface area contributed by atoms with Gasteiger partial charge < -0.3 is 14.9 Å². The van der Waals surface area contributed by atoms with Gasteiger partial charge in [0, 0.05) is 36.9 Å². The smallest absolute Gasteiger partial charge is 0.107 e. The maximum Gasteiger partial charge on any atom is 0.107 e. The highest BCUT2D eigenvalue weighted by Crippen LogP contribution is 2.39. The summed E-state index contributed by atoms with van der Waals surface area (Å²) in [5.74, 6) is 0. The topological polar surface area (TPSA) is 65.8 Å². The van der Waals surface area contributed by atoms with Crippen LogP contribution in [-0.4, -0.2) is 57.6 Å².